The van der Waals surface area contributed by atoms with Gasteiger partial charge in [-0.15, -0.1) is 0 Å². The minimum atomic E-state index is -0.697. The van der Waals surface area contributed by atoms with Crippen LogP contribution in [0, 0.1) is 0 Å². The zero-order valence-corrected chi connectivity index (χ0v) is 21.8. The smallest absolute Gasteiger partial charge is 0.271 e. The Hall–Kier alpha value is -3.85. The van der Waals surface area contributed by atoms with Crippen molar-refractivity contribution in [3.05, 3.63) is 84.5 Å². The molecule has 0 aliphatic carbocycles. The van der Waals surface area contributed by atoms with Crippen LogP contribution in [0.4, 0.5) is 0 Å². The number of phenols is 1. The van der Waals surface area contributed by atoms with E-state index < -0.39 is 6.04 Å². The first kappa shape index (κ1) is 25.2. The Kier molecular flexibility index (Phi) is 7.30. The van der Waals surface area contributed by atoms with Crippen molar-refractivity contribution in [3.63, 3.8) is 0 Å². The van der Waals surface area contributed by atoms with Gasteiger partial charge in [-0.1, -0.05) is 35.6 Å². The highest BCUT2D eigenvalue weighted by molar-refractivity contribution is 7.07. The van der Waals surface area contributed by atoms with Crippen LogP contribution < -0.4 is 24.4 Å². The van der Waals surface area contributed by atoms with Gasteiger partial charge in [0.25, 0.3) is 11.5 Å². The van der Waals surface area contributed by atoms with Crippen LogP contribution in [0.2, 0.25) is 0 Å². The number of methoxy groups -OCH3 is 2. The summed E-state index contributed by atoms with van der Waals surface area (Å²) in [5.74, 6) is 0.747. The molecular weight excluding hydrogens is 478 g/mol. The number of thiazole rings is 1. The molecule has 0 unspecified atom stereocenters. The number of likely N-dealkylation sites (N-methyl/N-ethyl adjacent to an activating group) is 1. The van der Waals surface area contributed by atoms with E-state index in [0.717, 1.165) is 0 Å². The third kappa shape index (κ3) is 4.42. The van der Waals surface area contributed by atoms with Crippen LogP contribution in [0.1, 0.15) is 37.9 Å². The van der Waals surface area contributed by atoms with Gasteiger partial charge in [0, 0.05) is 18.7 Å². The van der Waals surface area contributed by atoms with Crippen molar-refractivity contribution in [1.82, 2.24) is 9.47 Å². The lowest BCUT2D eigenvalue weighted by Gasteiger charge is -2.29. The van der Waals surface area contributed by atoms with Gasteiger partial charge in [-0.2, -0.15) is 0 Å². The number of phenolic OH excluding ortho intramolecular Hbond substituents is 1. The number of ether oxygens (including phenoxy) is 2. The molecule has 1 aliphatic rings. The van der Waals surface area contributed by atoms with Gasteiger partial charge < -0.3 is 19.5 Å². The lowest BCUT2D eigenvalue weighted by molar-refractivity contribution is -0.127. The Bertz CT molecular complexity index is 1510. The molecule has 1 amide bonds. The predicted octanol–water partition coefficient (Wildman–Crippen LogP) is 2.83. The molecule has 2 aromatic carbocycles. The quantitative estimate of drug-likeness (QED) is 0.531. The van der Waals surface area contributed by atoms with Crippen LogP contribution >= 0.6 is 11.3 Å². The molecule has 9 heteroatoms. The lowest BCUT2D eigenvalue weighted by Crippen LogP contribution is -2.43. The van der Waals surface area contributed by atoms with Crippen LogP contribution in [0.15, 0.2) is 63.5 Å². The molecule has 36 heavy (non-hydrogen) atoms. The lowest BCUT2D eigenvalue weighted by atomic mass is 9.94. The van der Waals surface area contributed by atoms with Gasteiger partial charge in [-0.25, -0.2) is 4.99 Å². The fraction of sp³-hybridized carbons (Fsp3) is 0.296. The predicted molar refractivity (Wildman–Crippen MR) is 139 cm³/mol. The van der Waals surface area contributed by atoms with Crippen LogP contribution in [0.5, 0.6) is 17.2 Å². The Morgan fingerprint density at radius 1 is 1.14 bits per heavy atom. The van der Waals surface area contributed by atoms with Gasteiger partial charge >= 0.3 is 0 Å². The number of aromatic nitrogens is 1. The molecule has 1 aromatic heterocycles. The SMILES string of the molecule is CCN(CC)C(=O)C1=C(C)N=c2s/c(=C/c3ccc(OC)c(O)c3)c(=O)n2[C@@H]1c1ccccc1OC. The van der Waals surface area contributed by atoms with E-state index in [1.54, 1.807) is 41.7 Å². The minimum absolute atomic E-state index is 0.0196. The summed E-state index contributed by atoms with van der Waals surface area (Å²) in [6.45, 7) is 6.73. The summed E-state index contributed by atoms with van der Waals surface area (Å²) in [5.41, 5.74) is 2.09. The third-order valence-electron chi connectivity index (χ3n) is 6.24. The molecule has 0 bridgehead atoms. The number of amides is 1. The summed E-state index contributed by atoms with van der Waals surface area (Å²) in [6, 6.07) is 11.6. The molecule has 1 N–H and O–H groups in total. The first-order chi connectivity index (χ1) is 17.3. The number of allylic oxidation sites excluding steroid dienone is 1. The zero-order valence-electron chi connectivity index (χ0n) is 20.9. The van der Waals surface area contributed by atoms with E-state index in [2.05, 4.69) is 4.99 Å². The van der Waals surface area contributed by atoms with E-state index in [1.165, 1.54) is 24.5 Å². The van der Waals surface area contributed by atoms with Gasteiger partial charge in [0.15, 0.2) is 16.3 Å². The molecule has 0 fully saturated rings. The summed E-state index contributed by atoms with van der Waals surface area (Å²) in [6.07, 6.45) is 1.70. The van der Waals surface area contributed by atoms with Crippen LogP contribution in [0.25, 0.3) is 6.08 Å². The maximum absolute atomic E-state index is 13.8. The minimum Gasteiger partial charge on any atom is -0.504 e. The molecule has 8 nitrogen and oxygen atoms in total. The molecule has 3 aromatic rings. The normalized spacial score (nSPS) is 15.4. The Labute approximate surface area is 213 Å². The fourth-order valence-electron chi connectivity index (χ4n) is 4.41. The van der Waals surface area contributed by atoms with Crippen molar-refractivity contribution in [2.75, 3.05) is 27.3 Å². The van der Waals surface area contributed by atoms with Crippen molar-refractivity contribution in [3.8, 4) is 17.2 Å². The monoisotopic (exact) mass is 507 g/mol. The second-order valence-electron chi connectivity index (χ2n) is 8.23. The summed E-state index contributed by atoms with van der Waals surface area (Å²) in [7, 11) is 3.05. The number of nitrogens with zero attached hydrogens (tertiary/aromatic N) is 3. The largest absolute Gasteiger partial charge is 0.504 e. The highest BCUT2D eigenvalue weighted by atomic mass is 32.1. The van der Waals surface area contributed by atoms with Crippen LogP contribution in [-0.2, 0) is 4.79 Å². The molecule has 2 heterocycles. The van der Waals surface area contributed by atoms with Gasteiger partial charge in [-0.3, -0.25) is 14.2 Å². The Morgan fingerprint density at radius 2 is 1.83 bits per heavy atom. The van der Waals surface area contributed by atoms with E-state index in [9.17, 15) is 14.7 Å². The standard InChI is InChI=1S/C27H29N3O5S/c1-6-29(7-2)26(33)23-16(3)28-27-30(24(23)18-10-8-9-11-20(18)34-4)25(32)22(36-27)15-17-12-13-21(35-5)19(31)14-17/h8-15,24,31H,6-7H2,1-5H3/b22-15+/t24-/m1/s1. The number of hydrogen-bond acceptors (Lipinski definition) is 7. The van der Waals surface area contributed by atoms with E-state index in [4.69, 9.17) is 9.47 Å². The molecule has 188 valence electrons. The van der Waals surface area contributed by atoms with Crippen molar-refractivity contribution < 1.29 is 19.4 Å². The van der Waals surface area contributed by atoms with Crippen molar-refractivity contribution in [1.29, 1.82) is 0 Å². The maximum atomic E-state index is 13.8. The maximum Gasteiger partial charge on any atom is 0.271 e. The van der Waals surface area contributed by atoms with Crippen LogP contribution in [-0.4, -0.2) is 47.8 Å². The summed E-state index contributed by atoms with van der Waals surface area (Å²) in [5, 5.41) is 10.2. The van der Waals surface area contributed by atoms with E-state index >= 15 is 0 Å². The molecule has 0 saturated heterocycles. The molecule has 0 radical (unpaired) electrons. The second kappa shape index (κ2) is 10.4. The van der Waals surface area contributed by atoms with E-state index in [1.807, 2.05) is 38.1 Å². The molecule has 0 spiro atoms. The molecule has 1 aliphatic heterocycles. The summed E-state index contributed by atoms with van der Waals surface area (Å²) >= 11 is 1.24. The second-order valence-corrected chi connectivity index (χ2v) is 9.24. The van der Waals surface area contributed by atoms with Crippen molar-refractivity contribution in [2.24, 2.45) is 4.99 Å². The van der Waals surface area contributed by atoms with Crippen molar-refractivity contribution >= 4 is 23.3 Å². The third-order valence-corrected chi connectivity index (χ3v) is 7.22. The van der Waals surface area contributed by atoms with E-state index in [0.29, 0.717) is 56.3 Å². The first-order valence-corrected chi connectivity index (χ1v) is 12.5. The van der Waals surface area contributed by atoms with Crippen molar-refractivity contribution in [2.45, 2.75) is 26.8 Å². The number of benzene rings is 2. The average molecular weight is 508 g/mol. The molecule has 0 saturated carbocycles. The Morgan fingerprint density at radius 3 is 2.47 bits per heavy atom. The van der Waals surface area contributed by atoms with Gasteiger partial charge in [0.1, 0.15) is 11.8 Å². The summed E-state index contributed by atoms with van der Waals surface area (Å²) in [4.78, 5) is 34.4. The number of hydrogen-bond donors (Lipinski definition) is 1. The highest BCUT2D eigenvalue weighted by Crippen LogP contribution is 2.36. The first-order valence-electron chi connectivity index (χ1n) is 11.7. The Balaban J connectivity index is 1.97. The van der Waals surface area contributed by atoms with Crippen LogP contribution in [0.3, 0.4) is 0 Å². The van der Waals surface area contributed by atoms with Gasteiger partial charge in [0.05, 0.1) is 30.0 Å². The fourth-order valence-corrected chi connectivity index (χ4v) is 5.46. The number of para-hydroxylation sites is 1. The average Bonchev–Trinajstić information content (AvgIpc) is 3.18. The number of carbonyl (C=O) groups is 1. The van der Waals surface area contributed by atoms with E-state index in [-0.39, 0.29) is 17.2 Å². The zero-order chi connectivity index (χ0) is 26.0. The number of carbonyl (C=O) groups excluding carboxylic acids is 1. The topological polar surface area (TPSA) is 93.4 Å². The van der Waals surface area contributed by atoms with Gasteiger partial charge in [-0.05, 0) is 50.6 Å². The highest BCUT2D eigenvalue weighted by Gasteiger charge is 2.35. The molecule has 1 atom stereocenters. The summed E-state index contributed by atoms with van der Waals surface area (Å²) < 4.78 is 12.7. The molecular formula is C27H29N3O5S. The number of aromatic hydroxyl groups is 1. The molecule has 4 rings (SSSR count). The number of rotatable bonds is 7. The van der Waals surface area contributed by atoms with Gasteiger partial charge in [0.2, 0.25) is 0 Å². The number of fused-ring (bicyclic) bond motifs is 1.